The molecule has 0 radical (unpaired) electrons. The Balaban J connectivity index is 2.08. The number of carboxylic acids is 1. The fourth-order valence-electron chi connectivity index (χ4n) is 1.71. The van der Waals surface area contributed by atoms with Crippen LogP contribution in [0.15, 0.2) is 35.2 Å². The summed E-state index contributed by atoms with van der Waals surface area (Å²) in [7, 11) is -3.22. The highest BCUT2D eigenvalue weighted by Gasteiger charge is 2.12. The summed E-state index contributed by atoms with van der Waals surface area (Å²) >= 11 is 1.20. The van der Waals surface area contributed by atoms with Crippen molar-refractivity contribution in [2.45, 2.75) is 18.4 Å². The zero-order valence-electron chi connectivity index (χ0n) is 11.5. The summed E-state index contributed by atoms with van der Waals surface area (Å²) in [6.45, 7) is 2.08. The van der Waals surface area contributed by atoms with Crippen molar-refractivity contribution < 1.29 is 23.1 Å². The molecule has 0 aliphatic carbocycles. The minimum atomic E-state index is -3.22. The van der Waals surface area contributed by atoms with Gasteiger partial charge in [0.05, 0.1) is 4.90 Å². The van der Waals surface area contributed by atoms with Crippen molar-refractivity contribution >= 4 is 27.1 Å². The largest absolute Gasteiger partial charge is 0.489 e. The SMILES string of the molecule is Cc1sc(C(=O)O)cc1COc1ccc(S(C)(=O)=O)cc1. The van der Waals surface area contributed by atoms with Crippen LogP contribution in [0.5, 0.6) is 5.75 Å². The molecule has 2 aromatic rings. The Labute approximate surface area is 126 Å². The first kappa shape index (κ1) is 15.5. The molecular weight excluding hydrogens is 312 g/mol. The molecule has 112 valence electrons. The van der Waals surface area contributed by atoms with E-state index in [4.69, 9.17) is 9.84 Å². The zero-order chi connectivity index (χ0) is 15.6. The van der Waals surface area contributed by atoms with E-state index in [2.05, 4.69) is 0 Å². The highest BCUT2D eigenvalue weighted by atomic mass is 32.2. The van der Waals surface area contributed by atoms with E-state index in [1.807, 2.05) is 6.92 Å². The lowest BCUT2D eigenvalue weighted by Crippen LogP contribution is -1.98. The molecule has 0 saturated heterocycles. The van der Waals surface area contributed by atoms with Gasteiger partial charge in [-0.15, -0.1) is 11.3 Å². The zero-order valence-corrected chi connectivity index (χ0v) is 13.1. The topological polar surface area (TPSA) is 80.7 Å². The highest BCUT2D eigenvalue weighted by Crippen LogP contribution is 2.24. The van der Waals surface area contributed by atoms with Crippen LogP contribution in [0.3, 0.4) is 0 Å². The number of ether oxygens (including phenoxy) is 1. The molecule has 0 amide bonds. The molecule has 2 rings (SSSR count). The smallest absolute Gasteiger partial charge is 0.345 e. The second kappa shape index (κ2) is 5.87. The number of benzene rings is 1. The minimum Gasteiger partial charge on any atom is -0.489 e. The van der Waals surface area contributed by atoms with Crippen molar-refractivity contribution in [2.24, 2.45) is 0 Å². The van der Waals surface area contributed by atoms with Gasteiger partial charge in [-0.3, -0.25) is 0 Å². The van der Waals surface area contributed by atoms with Crippen LogP contribution in [0.2, 0.25) is 0 Å². The molecule has 1 heterocycles. The lowest BCUT2D eigenvalue weighted by Gasteiger charge is -2.06. The average molecular weight is 326 g/mol. The standard InChI is InChI=1S/C14H14O5S2/c1-9-10(7-13(20-9)14(15)16)8-19-11-3-5-12(6-4-11)21(2,17)18/h3-7H,8H2,1-2H3,(H,15,16). The molecule has 21 heavy (non-hydrogen) atoms. The molecule has 1 aromatic heterocycles. The first-order valence-corrected chi connectivity index (χ1v) is 8.73. The van der Waals surface area contributed by atoms with Crippen molar-refractivity contribution in [1.29, 1.82) is 0 Å². The Morgan fingerprint density at radius 3 is 2.38 bits per heavy atom. The van der Waals surface area contributed by atoms with Crippen LogP contribution in [-0.2, 0) is 16.4 Å². The summed E-state index contributed by atoms with van der Waals surface area (Å²) in [6, 6.07) is 7.71. The summed E-state index contributed by atoms with van der Waals surface area (Å²) in [5, 5.41) is 8.93. The first-order valence-electron chi connectivity index (χ1n) is 6.03. The quantitative estimate of drug-likeness (QED) is 0.914. The fourth-order valence-corrected chi connectivity index (χ4v) is 3.21. The number of hydrogen-bond donors (Lipinski definition) is 1. The Kier molecular flexibility index (Phi) is 4.34. The Morgan fingerprint density at radius 1 is 1.29 bits per heavy atom. The number of rotatable bonds is 5. The van der Waals surface area contributed by atoms with E-state index in [-0.39, 0.29) is 16.4 Å². The van der Waals surface area contributed by atoms with Crippen LogP contribution in [0.1, 0.15) is 20.1 Å². The van der Waals surface area contributed by atoms with Crippen LogP contribution in [0.4, 0.5) is 0 Å². The summed E-state index contributed by atoms with van der Waals surface area (Å²) in [4.78, 5) is 12.3. The van der Waals surface area contributed by atoms with E-state index in [1.54, 1.807) is 18.2 Å². The predicted molar refractivity (Wildman–Crippen MR) is 79.9 cm³/mol. The van der Waals surface area contributed by atoms with Crippen LogP contribution in [0, 0.1) is 6.92 Å². The van der Waals surface area contributed by atoms with Gasteiger partial charge < -0.3 is 9.84 Å². The number of carbonyl (C=O) groups is 1. The fraction of sp³-hybridized carbons (Fsp3) is 0.214. The van der Waals surface area contributed by atoms with Gasteiger partial charge in [0.2, 0.25) is 0 Å². The van der Waals surface area contributed by atoms with Gasteiger partial charge in [-0.2, -0.15) is 0 Å². The number of thiophene rings is 1. The second-order valence-corrected chi connectivity index (χ2v) is 7.80. The Morgan fingerprint density at radius 2 is 1.90 bits per heavy atom. The third-order valence-electron chi connectivity index (χ3n) is 2.88. The van der Waals surface area contributed by atoms with Gasteiger partial charge in [0.1, 0.15) is 17.2 Å². The molecule has 0 atom stereocenters. The molecule has 1 aromatic carbocycles. The third-order valence-corrected chi connectivity index (χ3v) is 5.09. The van der Waals surface area contributed by atoms with Gasteiger partial charge in [-0.1, -0.05) is 0 Å². The number of aromatic carboxylic acids is 1. The summed E-state index contributed by atoms with van der Waals surface area (Å²) in [5.74, 6) is -0.420. The molecule has 0 fully saturated rings. The third kappa shape index (κ3) is 3.83. The molecule has 0 unspecified atom stereocenters. The van der Waals surface area contributed by atoms with Crippen molar-refractivity contribution in [1.82, 2.24) is 0 Å². The molecule has 5 nitrogen and oxygen atoms in total. The van der Waals surface area contributed by atoms with E-state index in [0.717, 1.165) is 16.7 Å². The van der Waals surface area contributed by atoms with Gasteiger partial charge in [0.15, 0.2) is 9.84 Å². The number of sulfone groups is 1. The van der Waals surface area contributed by atoms with Crippen molar-refractivity contribution in [3.05, 3.63) is 45.6 Å². The van der Waals surface area contributed by atoms with Gasteiger partial charge in [-0.25, -0.2) is 13.2 Å². The molecule has 0 saturated carbocycles. The van der Waals surface area contributed by atoms with Crippen molar-refractivity contribution in [2.75, 3.05) is 6.26 Å². The molecular formula is C14H14O5S2. The number of hydrogen-bond acceptors (Lipinski definition) is 5. The maximum absolute atomic E-state index is 11.3. The molecule has 0 aliphatic heterocycles. The molecule has 0 bridgehead atoms. The maximum Gasteiger partial charge on any atom is 0.345 e. The molecule has 1 N–H and O–H groups in total. The van der Waals surface area contributed by atoms with Crippen LogP contribution < -0.4 is 4.74 Å². The van der Waals surface area contributed by atoms with Crippen LogP contribution in [-0.4, -0.2) is 25.7 Å². The lowest BCUT2D eigenvalue weighted by atomic mass is 10.2. The van der Waals surface area contributed by atoms with Crippen LogP contribution >= 0.6 is 11.3 Å². The van der Waals surface area contributed by atoms with Gasteiger partial charge in [-0.05, 0) is 37.3 Å². The summed E-state index contributed by atoms with van der Waals surface area (Å²) in [5.41, 5.74) is 0.810. The summed E-state index contributed by atoms with van der Waals surface area (Å²) in [6.07, 6.45) is 1.14. The van der Waals surface area contributed by atoms with E-state index in [1.165, 1.54) is 23.5 Å². The summed E-state index contributed by atoms with van der Waals surface area (Å²) < 4.78 is 28.2. The van der Waals surface area contributed by atoms with Gasteiger partial charge >= 0.3 is 5.97 Å². The highest BCUT2D eigenvalue weighted by molar-refractivity contribution is 7.90. The van der Waals surface area contributed by atoms with Gasteiger partial charge in [0.25, 0.3) is 0 Å². The van der Waals surface area contributed by atoms with E-state index >= 15 is 0 Å². The lowest BCUT2D eigenvalue weighted by molar-refractivity contribution is 0.0702. The van der Waals surface area contributed by atoms with E-state index in [0.29, 0.717) is 5.75 Å². The van der Waals surface area contributed by atoms with Gasteiger partial charge in [0, 0.05) is 16.7 Å². The van der Waals surface area contributed by atoms with Crippen LogP contribution in [0.25, 0.3) is 0 Å². The average Bonchev–Trinajstić information content (AvgIpc) is 2.77. The van der Waals surface area contributed by atoms with Crippen molar-refractivity contribution in [3.8, 4) is 5.75 Å². The first-order chi connectivity index (χ1) is 9.77. The Hall–Kier alpha value is -1.86. The number of carboxylic acid groups (broad SMARTS) is 1. The van der Waals surface area contributed by atoms with E-state index in [9.17, 15) is 13.2 Å². The normalized spacial score (nSPS) is 11.3. The molecule has 7 heteroatoms. The predicted octanol–water partition coefficient (Wildman–Crippen LogP) is 2.74. The van der Waals surface area contributed by atoms with E-state index < -0.39 is 15.8 Å². The molecule has 0 spiro atoms. The minimum absolute atomic E-state index is 0.231. The van der Waals surface area contributed by atoms with Crippen molar-refractivity contribution in [3.63, 3.8) is 0 Å². The Bertz CT molecular complexity index is 757. The molecule has 0 aliphatic rings. The second-order valence-electron chi connectivity index (χ2n) is 4.53. The number of aryl methyl sites for hydroxylation is 1. The monoisotopic (exact) mass is 326 g/mol. The maximum atomic E-state index is 11.3.